The molecule has 0 atom stereocenters. The number of halogens is 1. The minimum atomic E-state index is -0.461. The lowest BCUT2D eigenvalue weighted by atomic mass is 10.1. The van der Waals surface area contributed by atoms with E-state index in [2.05, 4.69) is 27.9 Å². The Bertz CT molecular complexity index is 321. The molecule has 0 aliphatic carbocycles. The Kier molecular flexibility index (Phi) is 3.99. The average molecular weight is 307 g/mol. The highest BCUT2D eigenvalue weighted by Gasteiger charge is 2.14. The molecule has 1 rings (SSSR count). The number of hydrogen-bond donors (Lipinski definition) is 3. The summed E-state index contributed by atoms with van der Waals surface area (Å²) in [6.45, 7) is 0.507. The molecule has 4 nitrogen and oxygen atoms in total. The lowest BCUT2D eigenvalue weighted by Gasteiger charge is -2.06. The Morgan fingerprint density at radius 2 is 1.93 bits per heavy atom. The van der Waals surface area contributed by atoms with Gasteiger partial charge in [0.05, 0.1) is 0 Å². The fourth-order valence-corrected chi connectivity index (χ4v) is 1.28. The first-order chi connectivity index (χ1) is 6.66. The Morgan fingerprint density at radius 3 is 2.43 bits per heavy atom. The van der Waals surface area contributed by atoms with E-state index in [9.17, 15) is 15.0 Å². The highest BCUT2D eigenvalue weighted by molar-refractivity contribution is 14.1. The third kappa shape index (κ3) is 2.50. The van der Waals surface area contributed by atoms with Crippen LogP contribution in [0.5, 0.6) is 11.5 Å². The van der Waals surface area contributed by atoms with Crippen LogP contribution >= 0.6 is 22.6 Å². The van der Waals surface area contributed by atoms with Crippen molar-refractivity contribution in [1.29, 1.82) is 0 Å². The predicted molar refractivity (Wildman–Crippen MR) is 61.0 cm³/mol. The van der Waals surface area contributed by atoms with Crippen molar-refractivity contribution in [3.8, 4) is 11.5 Å². The quantitative estimate of drug-likeness (QED) is 0.582. The van der Waals surface area contributed by atoms with Gasteiger partial charge >= 0.3 is 0 Å². The van der Waals surface area contributed by atoms with Crippen LogP contribution in [0.15, 0.2) is 18.2 Å². The summed E-state index contributed by atoms with van der Waals surface area (Å²) in [5, 5.41) is 21.2. The van der Waals surface area contributed by atoms with E-state index in [1.165, 1.54) is 18.2 Å². The topological polar surface area (TPSA) is 69.6 Å². The maximum atomic E-state index is 11.4. The van der Waals surface area contributed by atoms with Crippen molar-refractivity contribution in [2.24, 2.45) is 0 Å². The fourth-order valence-electron chi connectivity index (χ4n) is 1.01. The third-order valence-electron chi connectivity index (χ3n) is 1.63. The number of hydrogen-bond acceptors (Lipinski definition) is 3. The molecular formula is C9H10INO3. The number of carbonyl (C=O) groups excluding carboxylic acids is 1. The maximum Gasteiger partial charge on any atom is 0.258 e. The summed E-state index contributed by atoms with van der Waals surface area (Å²) in [5.74, 6) is -0.885. The summed E-state index contributed by atoms with van der Waals surface area (Å²) in [5.41, 5.74) is -0.0719. The number of benzene rings is 1. The summed E-state index contributed by atoms with van der Waals surface area (Å²) >= 11 is 2.12. The van der Waals surface area contributed by atoms with Crippen molar-refractivity contribution < 1.29 is 15.0 Å². The highest BCUT2D eigenvalue weighted by atomic mass is 127. The second-order valence-corrected chi connectivity index (χ2v) is 3.69. The zero-order valence-corrected chi connectivity index (χ0v) is 9.48. The number of phenols is 2. The highest BCUT2D eigenvalue weighted by Crippen LogP contribution is 2.25. The largest absolute Gasteiger partial charge is 0.507 e. The van der Waals surface area contributed by atoms with Crippen LogP contribution in [0.25, 0.3) is 0 Å². The maximum absolute atomic E-state index is 11.4. The number of alkyl halides is 1. The monoisotopic (exact) mass is 307 g/mol. The molecule has 1 aromatic rings. The molecule has 0 radical (unpaired) electrons. The molecule has 14 heavy (non-hydrogen) atoms. The molecule has 0 aliphatic rings. The van der Waals surface area contributed by atoms with Crippen molar-refractivity contribution in [2.75, 3.05) is 11.0 Å². The van der Waals surface area contributed by atoms with Gasteiger partial charge in [0, 0.05) is 11.0 Å². The van der Waals surface area contributed by atoms with E-state index in [0.717, 1.165) is 4.43 Å². The standard InChI is InChI=1S/C9H10INO3/c10-4-5-11-9(14)8-6(12)2-1-3-7(8)13/h1-3,12-13H,4-5H2,(H,11,14). The molecule has 3 N–H and O–H groups in total. The summed E-state index contributed by atoms with van der Waals surface area (Å²) in [4.78, 5) is 11.4. The van der Waals surface area contributed by atoms with Crippen LogP contribution in [-0.4, -0.2) is 27.1 Å². The Morgan fingerprint density at radius 1 is 1.36 bits per heavy atom. The van der Waals surface area contributed by atoms with Gasteiger partial charge in [0.15, 0.2) is 0 Å². The van der Waals surface area contributed by atoms with Crippen molar-refractivity contribution in [3.63, 3.8) is 0 Å². The van der Waals surface area contributed by atoms with Gasteiger partial charge in [-0.1, -0.05) is 28.7 Å². The van der Waals surface area contributed by atoms with Crippen LogP contribution in [0, 0.1) is 0 Å². The fraction of sp³-hybridized carbons (Fsp3) is 0.222. The molecule has 0 saturated carbocycles. The van der Waals surface area contributed by atoms with Gasteiger partial charge in [-0.15, -0.1) is 0 Å². The van der Waals surface area contributed by atoms with Crippen molar-refractivity contribution >= 4 is 28.5 Å². The van der Waals surface area contributed by atoms with Gasteiger partial charge < -0.3 is 15.5 Å². The first-order valence-corrected chi connectivity index (χ1v) is 5.54. The van der Waals surface area contributed by atoms with Crippen LogP contribution in [0.3, 0.4) is 0 Å². The van der Waals surface area contributed by atoms with Crippen molar-refractivity contribution in [1.82, 2.24) is 5.32 Å². The third-order valence-corrected chi connectivity index (χ3v) is 2.17. The number of phenolic OH excluding ortho intramolecular Hbond substituents is 2. The van der Waals surface area contributed by atoms with E-state index in [1.807, 2.05) is 0 Å². The SMILES string of the molecule is O=C(NCCI)c1c(O)cccc1O. The average Bonchev–Trinajstić information content (AvgIpc) is 2.14. The summed E-state index contributed by atoms with van der Waals surface area (Å²) < 4.78 is 0.776. The molecule has 0 spiro atoms. The molecule has 1 amide bonds. The van der Waals surface area contributed by atoms with E-state index in [4.69, 9.17) is 0 Å². The molecule has 0 heterocycles. The molecule has 0 unspecified atom stereocenters. The van der Waals surface area contributed by atoms with Crippen molar-refractivity contribution in [2.45, 2.75) is 0 Å². The first-order valence-electron chi connectivity index (χ1n) is 4.02. The van der Waals surface area contributed by atoms with E-state index in [1.54, 1.807) is 0 Å². The zero-order valence-electron chi connectivity index (χ0n) is 7.33. The van der Waals surface area contributed by atoms with Gasteiger partial charge in [-0.05, 0) is 12.1 Å². The van der Waals surface area contributed by atoms with Gasteiger partial charge in [-0.3, -0.25) is 4.79 Å². The molecule has 0 bridgehead atoms. The van der Waals surface area contributed by atoms with E-state index in [0.29, 0.717) is 6.54 Å². The molecule has 0 saturated heterocycles. The zero-order chi connectivity index (χ0) is 10.6. The van der Waals surface area contributed by atoms with Gasteiger partial charge in [-0.2, -0.15) is 0 Å². The molecule has 0 aromatic heterocycles. The van der Waals surface area contributed by atoms with Crippen LogP contribution in [-0.2, 0) is 0 Å². The Labute approximate surface area is 95.1 Å². The van der Waals surface area contributed by atoms with Crippen molar-refractivity contribution in [3.05, 3.63) is 23.8 Å². The summed E-state index contributed by atoms with van der Waals surface area (Å²) in [6, 6.07) is 4.19. The van der Waals surface area contributed by atoms with Crippen LogP contribution in [0.2, 0.25) is 0 Å². The number of carbonyl (C=O) groups is 1. The lowest BCUT2D eigenvalue weighted by Crippen LogP contribution is -2.25. The van der Waals surface area contributed by atoms with Gasteiger partial charge in [0.25, 0.3) is 5.91 Å². The molecular weight excluding hydrogens is 297 g/mol. The van der Waals surface area contributed by atoms with Gasteiger partial charge in [-0.25, -0.2) is 0 Å². The van der Waals surface area contributed by atoms with E-state index < -0.39 is 5.91 Å². The smallest absolute Gasteiger partial charge is 0.258 e. The Balaban J connectivity index is 2.89. The van der Waals surface area contributed by atoms with Crippen LogP contribution in [0.1, 0.15) is 10.4 Å². The molecule has 1 aromatic carbocycles. The molecule has 0 aliphatic heterocycles. The van der Waals surface area contributed by atoms with Crippen LogP contribution in [0.4, 0.5) is 0 Å². The second-order valence-electron chi connectivity index (χ2n) is 2.62. The number of nitrogens with one attached hydrogen (secondary N) is 1. The summed E-state index contributed by atoms with van der Waals surface area (Å²) in [6.07, 6.45) is 0. The lowest BCUT2D eigenvalue weighted by molar-refractivity contribution is 0.0951. The van der Waals surface area contributed by atoms with E-state index in [-0.39, 0.29) is 17.1 Å². The number of aromatic hydroxyl groups is 2. The number of amides is 1. The second kappa shape index (κ2) is 5.04. The van der Waals surface area contributed by atoms with E-state index >= 15 is 0 Å². The molecule has 76 valence electrons. The van der Waals surface area contributed by atoms with Gasteiger partial charge in [0.1, 0.15) is 17.1 Å². The number of rotatable bonds is 3. The summed E-state index contributed by atoms with van der Waals surface area (Å²) in [7, 11) is 0. The predicted octanol–water partition coefficient (Wildman–Crippen LogP) is 1.26. The first kappa shape index (κ1) is 11.1. The minimum Gasteiger partial charge on any atom is -0.507 e. The minimum absolute atomic E-state index is 0.0719. The van der Waals surface area contributed by atoms with Gasteiger partial charge in [0.2, 0.25) is 0 Å². The Hall–Kier alpha value is -0.980. The molecule has 5 heteroatoms. The normalized spacial score (nSPS) is 9.79. The van der Waals surface area contributed by atoms with Crippen LogP contribution < -0.4 is 5.32 Å². The molecule has 0 fully saturated rings.